The van der Waals surface area contributed by atoms with Crippen LogP contribution in [0.25, 0.3) is 0 Å². The summed E-state index contributed by atoms with van der Waals surface area (Å²) in [6, 6.07) is 22.1. The summed E-state index contributed by atoms with van der Waals surface area (Å²) >= 11 is 1.69. The van der Waals surface area contributed by atoms with Crippen molar-refractivity contribution in [3.05, 3.63) is 95.2 Å². The topological polar surface area (TPSA) is 92.7 Å². The van der Waals surface area contributed by atoms with Crippen LogP contribution in [0, 0.1) is 23.7 Å². The molecule has 2 heterocycles. The molecular weight excluding hydrogens is 570 g/mol. The molecule has 3 N–H and O–H groups in total. The Labute approximate surface area is 264 Å². The maximum Gasteiger partial charge on any atom is 0.315 e. The molecule has 3 aromatic rings. The van der Waals surface area contributed by atoms with Crippen LogP contribution < -0.4 is 10.6 Å². The van der Waals surface area contributed by atoms with Crippen molar-refractivity contribution in [1.82, 2.24) is 15.6 Å². The number of aliphatic hydroxyl groups is 1. The Balaban J connectivity index is 1.00. The summed E-state index contributed by atoms with van der Waals surface area (Å²) in [5.74, 6) is 3.26. The minimum atomic E-state index is -0.524. The molecule has 7 nitrogen and oxygen atoms in total. The normalized spacial score (nSPS) is 32.4. The molecule has 4 bridgehead atoms. The van der Waals surface area contributed by atoms with Crippen molar-refractivity contribution in [2.75, 3.05) is 5.75 Å². The second-order valence-electron chi connectivity index (χ2n) is 13.5. The Kier molecular flexibility index (Phi) is 8.69. The summed E-state index contributed by atoms with van der Waals surface area (Å²) < 4.78 is 13.2. The number of aromatic nitrogens is 1. The van der Waals surface area contributed by atoms with E-state index >= 15 is 0 Å². The van der Waals surface area contributed by atoms with Gasteiger partial charge in [-0.25, -0.2) is 9.78 Å². The van der Waals surface area contributed by atoms with Gasteiger partial charge in [-0.1, -0.05) is 61.5 Å². The fourth-order valence-electron chi connectivity index (χ4n) is 8.43. The number of thioether (sulfide) groups is 1. The molecule has 5 fully saturated rings. The van der Waals surface area contributed by atoms with E-state index in [1.54, 1.807) is 11.8 Å². The highest BCUT2D eigenvalue weighted by atomic mass is 32.2. The number of carbonyl (C=O) groups excluding carboxylic acids is 1. The molecule has 0 radical (unpaired) electrons. The van der Waals surface area contributed by atoms with Crippen molar-refractivity contribution in [3.63, 3.8) is 0 Å². The molecule has 4 aliphatic carbocycles. The number of rotatable bonds is 9. The molecule has 8 heteroatoms. The molecule has 1 aromatic heterocycles. The lowest BCUT2D eigenvalue weighted by atomic mass is 9.53. The van der Waals surface area contributed by atoms with Crippen LogP contribution in [0.15, 0.2) is 78.0 Å². The molecule has 1 aliphatic heterocycles. The molecule has 2 aromatic carbocycles. The van der Waals surface area contributed by atoms with Crippen molar-refractivity contribution < 1.29 is 19.4 Å². The van der Waals surface area contributed by atoms with Gasteiger partial charge in [0, 0.05) is 35.5 Å². The van der Waals surface area contributed by atoms with Gasteiger partial charge in [0.15, 0.2) is 6.29 Å². The van der Waals surface area contributed by atoms with E-state index in [1.807, 2.05) is 72.9 Å². The van der Waals surface area contributed by atoms with Gasteiger partial charge in [-0.05, 0) is 85.1 Å². The van der Waals surface area contributed by atoms with E-state index in [9.17, 15) is 9.90 Å². The predicted molar refractivity (Wildman–Crippen MR) is 171 cm³/mol. The van der Waals surface area contributed by atoms with E-state index in [2.05, 4.69) is 22.5 Å². The third-order valence-electron chi connectivity index (χ3n) is 10.3. The maximum absolute atomic E-state index is 13.0. The van der Waals surface area contributed by atoms with Crippen LogP contribution in [0.1, 0.15) is 80.1 Å². The van der Waals surface area contributed by atoms with Crippen LogP contribution in [-0.2, 0) is 22.6 Å². The van der Waals surface area contributed by atoms with Crippen molar-refractivity contribution in [3.8, 4) is 0 Å². The average molecular weight is 614 g/mol. The zero-order chi connectivity index (χ0) is 30.1. The van der Waals surface area contributed by atoms with Gasteiger partial charge >= 0.3 is 6.03 Å². The van der Waals surface area contributed by atoms with E-state index < -0.39 is 6.29 Å². The van der Waals surface area contributed by atoms with Crippen LogP contribution in [0.3, 0.4) is 0 Å². The van der Waals surface area contributed by atoms with Crippen LogP contribution in [0.5, 0.6) is 0 Å². The molecule has 2 amide bonds. The van der Waals surface area contributed by atoms with Gasteiger partial charge in [0.1, 0.15) is 0 Å². The second kappa shape index (κ2) is 12.8. The predicted octanol–water partition coefficient (Wildman–Crippen LogP) is 6.93. The fraction of sp³-hybridized carbons (Fsp3) is 0.500. The van der Waals surface area contributed by atoms with Crippen LogP contribution >= 0.6 is 11.8 Å². The summed E-state index contributed by atoms with van der Waals surface area (Å²) in [5.41, 5.74) is 3.95. The Morgan fingerprint density at radius 2 is 1.57 bits per heavy atom. The number of amides is 2. The number of ether oxygens (including phenoxy) is 2. The van der Waals surface area contributed by atoms with E-state index in [-0.39, 0.29) is 36.3 Å². The molecule has 232 valence electrons. The third kappa shape index (κ3) is 6.54. The number of benzene rings is 2. The zero-order valence-corrected chi connectivity index (χ0v) is 26.2. The lowest BCUT2D eigenvalue weighted by molar-refractivity contribution is -0.268. The van der Waals surface area contributed by atoms with E-state index in [1.165, 1.54) is 19.3 Å². The summed E-state index contributed by atoms with van der Waals surface area (Å²) in [6.07, 6.45) is 8.61. The number of carbonyl (C=O) groups is 1. The van der Waals surface area contributed by atoms with Gasteiger partial charge in [-0.3, -0.25) is 0 Å². The SMILES string of the molecule is C[C@@H]1[C@H](CSc2ccccn2)O[C@H](c2ccc(CNC(=O)NC34CC5CC(CC(C5)C3)C4)cc2)O[C@@H]1c1ccc(CO)cc1. The highest BCUT2D eigenvalue weighted by molar-refractivity contribution is 7.99. The first-order valence-corrected chi connectivity index (χ1v) is 17.1. The van der Waals surface area contributed by atoms with Crippen molar-refractivity contribution in [2.24, 2.45) is 23.7 Å². The van der Waals surface area contributed by atoms with Crippen LogP contribution in [0.2, 0.25) is 0 Å². The van der Waals surface area contributed by atoms with Gasteiger partial charge in [0.2, 0.25) is 0 Å². The Morgan fingerprint density at radius 3 is 2.20 bits per heavy atom. The van der Waals surface area contributed by atoms with Gasteiger partial charge < -0.3 is 25.2 Å². The number of hydrogen-bond donors (Lipinski definition) is 3. The summed E-state index contributed by atoms with van der Waals surface area (Å²) in [4.78, 5) is 17.4. The lowest BCUT2D eigenvalue weighted by Crippen LogP contribution is -2.61. The fourth-order valence-corrected chi connectivity index (χ4v) is 9.46. The summed E-state index contributed by atoms with van der Waals surface area (Å²) in [5, 5.41) is 17.0. The van der Waals surface area contributed by atoms with E-state index in [4.69, 9.17) is 9.47 Å². The van der Waals surface area contributed by atoms with Gasteiger partial charge in [-0.2, -0.15) is 0 Å². The van der Waals surface area contributed by atoms with Crippen LogP contribution in [0.4, 0.5) is 4.79 Å². The lowest BCUT2D eigenvalue weighted by Gasteiger charge is -2.56. The first-order valence-electron chi connectivity index (χ1n) is 16.1. The van der Waals surface area contributed by atoms with Crippen molar-refractivity contribution in [2.45, 2.75) is 87.7 Å². The smallest absolute Gasteiger partial charge is 0.315 e. The Morgan fingerprint density at radius 1 is 0.909 bits per heavy atom. The second-order valence-corrected chi connectivity index (χ2v) is 14.6. The largest absolute Gasteiger partial charge is 0.392 e. The first-order chi connectivity index (χ1) is 21.4. The molecule has 4 atom stereocenters. The first kappa shape index (κ1) is 29.8. The summed E-state index contributed by atoms with van der Waals surface area (Å²) in [7, 11) is 0. The number of nitrogens with zero attached hydrogens (tertiary/aromatic N) is 1. The summed E-state index contributed by atoms with van der Waals surface area (Å²) in [6.45, 7) is 2.67. The Hall–Kier alpha value is -2.91. The quantitative estimate of drug-likeness (QED) is 0.227. The minimum Gasteiger partial charge on any atom is -0.392 e. The number of pyridine rings is 1. The molecule has 5 aliphatic rings. The van der Waals surface area contributed by atoms with Crippen molar-refractivity contribution >= 4 is 17.8 Å². The van der Waals surface area contributed by atoms with Gasteiger partial charge in [0.25, 0.3) is 0 Å². The highest BCUT2D eigenvalue weighted by Crippen LogP contribution is 2.55. The molecule has 0 unspecified atom stereocenters. The third-order valence-corrected chi connectivity index (χ3v) is 11.3. The molecular formula is C36H43N3O4S. The average Bonchev–Trinajstić information content (AvgIpc) is 3.03. The molecule has 0 spiro atoms. The molecule has 44 heavy (non-hydrogen) atoms. The van der Waals surface area contributed by atoms with E-state index in [0.29, 0.717) is 6.54 Å². The number of urea groups is 1. The standard InChI is InChI=1S/C36H43N3O4S/c1-23-31(22-44-32-4-2-3-13-37-32)42-34(43-33(23)29-9-7-25(21-40)8-10-29)30-11-5-24(6-12-30)20-38-35(41)39-36-17-26-14-27(18-36)16-28(15-26)19-36/h2-13,23,26-28,31,33-34,40H,14-22H2,1H3,(H2,38,39,41)/t23-,26?,27?,28?,31+,33+,34+,36?/m1/s1. The minimum absolute atomic E-state index is 0.00977. The van der Waals surface area contributed by atoms with Crippen LogP contribution in [-0.4, -0.2) is 33.5 Å². The zero-order valence-electron chi connectivity index (χ0n) is 25.4. The maximum atomic E-state index is 13.0. The number of hydrogen-bond acceptors (Lipinski definition) is 6. The number of nitrogens with one attached hydrogen (secondary N) is 2. The Bertz CT molecular complexity index is 1380. The molecule has 4 saturated carbocycles. The van der Waals surface area contributed by atoms with E-state index in [0.717, 1.165) is 70.0 Å². The molecule has 1 saturated heterocycles. The van der Waals surface area contributed by atoms with Gasteiger partial charge in [0.05, 0.1) is 23.8 Å². The molecule has 8 rings (SSSR count). The number of aliphatic hydroxyl groups excluding tert-OH is 1. The van der Waals surface area contributed by atoms with Crippen molar-refractivity contribution in [1.29, 1.82) is 0 Å². The monoisotopic (exact) mass is 613 g/mol. The van der Waals surface area contributed by atoms with Gasteiger partial charge in [-0.15, -0.1) is 11.8 Å². The highest BCUT2D eigenvalue weighted by Gasteiger charge is 2.51.